The number of benzene rings is 1. The molecular formula is C16H18N2O2S. The van der Waals surface area contributed by atoms with Crippen molar-refractivity contribution in [1.82, 2.24) is 0 Å². The molecule has 4 nitrogen and oxygen atoms in total. The molecule has 0 saturated heterocycles. The van der Waals surface area contributed by atoms with Gasteiger partial charge in [0.2, 0.25) is 5.91 Å². The van der Waals surface area contributed by atoms with Gasteiger partial charge in [0, 0.05) is 16.1 Å². The zero-order valence-corrected chi connectivity index (χ0v) is 12.9. The highest BCUT2D eigenvalue weighted by Crippen LogP contribution is 2.24. The van der Waals surface area contributed by atoms with Crippen LogP contribution in [0.5, 0.6) is 0 Å². The number of amides is 2. The van der Waals surface area contributed by atoms with Gasteiger partial charge in [-0.25, -0.2) is 0 Å². The Labute approximate surface area is 128 Å². The molecule has 0 saturated carbocycles. The SMILES string of the molecule is CCCc1cc(C(=O)Nc2ccc(C(N)=O)cc2)sc1C. The molecule has 2 aromatic rings. The Morgan fingerprint density at radius 3 is 2.48 bits per heavy atom. The molecule has 0 unspecified atom stereocenters. The fraction of sp³-hybridized carbons (Fsp3) is 0.250. The van der Waals surface area contributed by atoms with Gasteiger partial charge in [-0.2, -0.15) is 0 Å². The molecule has 0 aliphatic carbocycles. The van der Waals surface area contributed by atoms with E-state index in [4.69, 9.17) is 5.73 Å². The van der Waals surface area contributed by atoms with Crippen molar-refractivity contribution in [1.29, 1.82) is 0 Å². The maximum atomic E-state index is 12.2. The minimum absolute atomic E-state index is 0.128. The molecule has 0 spiro atoms. The second kappa shape index (κ2) is 6.54. The quantitative estimate of drug-likeness (QED) is 0.889. The summed E-state index contributed by atoms with van der Waals surface area (Å²) in [6.45, 7) is 4.16. The Morgan fingerprint density at radius 1 is 1.24 bits per heavy atom. The van der Waals surface area contributed by atoms with Crippen molar-refractivity contribution in [2.45, 2.75) is 26.7 Å². The van der Waals surface area contributed by atoms with E-state index in [1.54, 1.807) is 24.3 Å². The summed E-state index contributed by atoms with van der Waals surface area (Å²) in [5.41, 5.74) is 7.48. The van der Waals surface area contributed by atoms with Crippen molar-refractivity contribution in [2.24, 2.45) is 5.73 Å². The largest absolute Gasteiger partial charge is 0.366 e. The lowest BCUT2D eigenvalue weighted by atomic mass is 10.1. The molecule has 1 aromatic carbocycles. The van der Waals surface area contributed by atoms with Crippen LogP contribution in [0.25, 0.3) is 0 Å². The Balaban J connectivity index is 2.10. The van der Waals surface area contributed by atoms with Gasteiger partial charge in [-0.05, 0) is 49.2 Å². The Kier molecular flexibility index (Phi) is 4.75. The summed E-state index contributed by atoms with van der Waals surface area (Å²) >= 11 is 1.50. The zero-order valence-electron chi connectivity index (χ0n) is 12.1. The summed E-state index contributed by atoms with van der Waals surface area (Å²) in [4.78, 5) is 25.1. The van der Waals surface area contributed by atoms with E-state index >= 15 is 0 Å². The molecule has 5 heteroatoms. The van der Waals surface area contributed by atoms with E-state index in [-0.39, 0.29) is 5.91 Å². The molecule has 1 heterocycles. The second-order valence-electron chi connectivity index (χ2n) is 4.84. The average molecular weight is 302 g/mol. The topological polar surface area (TPSA) is 72.2 Å². The number of rotatable bonds is 5. The predicted octanol–water partition coefficient (Wildman–Crippen LogP) is 3.36. The number of primary amides is 1. The van der Waals surface area contributed by atoms with Crippen LogP contribution >= 0.6 is 11.3 Å². The Morgan fingerprint density at radius 2 is 1.90 bits per heavy atom. The molecule has 0 aliphatic rings. The molecule has 110 valence electrons. The smallest absolute Gasteiger partial charge is 0.265 e. The van der Waals surface area contributed by atoms with E-state index < -0.39 is 5.91 Å². The average Bonchev–Trinajstić information content (AvgIpc) is 2.81. The fourth-order valence-corrected chi connectivity index (χ4v) is 3.03. The van der Waals surface area contributed by atoms with Crippen molar-refractivity contribution in [3.05, 3.63) is 51.2 Å². The first-order valence-electron chi connectivity index (χ1n) is 6.81. The summed E-state index contributed by atoms with van der Waals surface area (Å²) in [5, 5.41) is 2.83. The lowest BCUT2D eigenvalue weighted by Gasteiger charge is -2.04. The first-order chi connectivity index (χ1) is 10.0. The van der Waals surface area contributed by atoms with Crippen molar-refractivity contribution < 1.29 is 9.59 Å². The number of hydrogen-bond acceptors (Lipinski definition) is 3. The summed E-state index contributed by atoms with van der Waals surface area (Å²) in [6, 6.07) is 8.49. The highest BCUT2D eigenvalue weighted by atomic mass is 32.1. The number of nitrogens with two attached hydrogens (primary N) is 1. The van der Waals surface area contributed by atoms with Gasteiger partial charge in [-0.3, -0.25) is 9.59 Å². The summed E-state index contributed by atoms with van der Waals surface area (Å²) in [6.07, 6.45) is 2.05. The lowest BCUT2D eigenvalue weighted by molar-refractivity contribution is 0.0998. The third-order valence-electron chi connectivity index (χ3n) is 3.19. The summed E-state index contributed by atoms with van der Waals surface area (Å²) < 4.78 is 0. The number of hydrogen-bond donors (Lipinski definition) is 2. The van der Waals surface area contributed by atoms with E-state index in [0.29, 0.717) is 16.1 Å². The van der Waals surface area contributed by atoms with Gasteiger partial charge in [0.05, 0.1) is 4.88 Å². The standard InChI is InChI=1S/C16H18N2O2S/c1-3-4-12-9-14(21-10(12)2)16(20)18-13-7-5-11(6-8-13)15(17)19/h5-9H,3-4H2,1-2H3,(H2,17,19)(H,18,20). The molecule has 0 atom stereocenters. The van der Waals surface area contributed by atoms with E-state index in [1.807, 2.05) is 13.0 Å². The predicted molar refractivity (Wildman–Crippen MR) is 86.0 cm³/mol. The molecule has 1 aromatic heterocycles. The van der Waals surface area contributed by atoms with E-state index in [9.17, 15) is 9.59 Å². The van der Waals surface area contributed by atoms with Gasteiger partial charge >= 0.3 is 0 Å². The van der Waals surface area contributed by atoms with Gasteiger partial charge < -0.3 is 11.1 Å². The monoisotopic (exact) mass is 302 g/mol. The van der Waals surface area contributed by atoms with Crippen molar-refractivity contribution in [3.63, 3.8) is 0 Å². The van der Waals surface area contributed by atoms with Crippen LogP contribution in [0.2, 0.25) is 0 Å². The van der Waals surface area contributed by atoms with Crippen LogP contribution in [0.15, 0.2) is 30.3 Å². The number of carbonyl (C=O) groups excluding carboxylic acids is 2. The zero-order chi connectivity index (χ0) is 15.4. The number of anilines is 1. The fourth-order valence-electron chi connectivity index (χ4n) is 2.06. The highest BCUT2D eigenvalue weighted by molar-refractivity contribution is 7.14. The number of thiophene rings is 1. The first-order valence-corrected chi connectivity index (χ1v) is 7.63. The van der Waals surface area contributed by atoms with Crippen LogP contribution in [0.4, 0.5) is 5.69 Å². The lowest BCUT2D eigenvalue weighted by Crippen LogP contribution is -2.12. The maximum absolute atomic E-state index is 12.2. The van der Waals surface area contributed by atoms with Crippen LogP contribution < -0.4 is 11.1 Å². The van der Waals surface area contributed by atoms with Crippen LogP contribution in [0.1, 0.15) is 43.8 Å². The molecule has 21 heavy (non-hydrogen) atoms. The van der Waals surface area contributed by atoms with E-state index in [0.717, 1.165) is 12.8 Å². The van der Waals surface area contributed by atoms with Gasteiger partial charge in [-0.1, -0.05) is 13.3 Å². The first kappa shape index (κ1) is 15.3. The van der Waals surface area contributed by atoms with Crippen LogP contribution in [-0.4, -0.2) is 11.8 Å². The molecule has 0 fully saturated rings. The van der Waals surface area contributed by atoms with Gasteiger partial charge in [-0.15, -0.1) is 11.3 Å². The normalized spacial score (nSPS) is 10.4. The molecule has 3 N–H and O–H groups in total. The molecule has 2 rings (SSSR count). The summed E-state index contributed by atoms with van der Waals surface area (Å²) in [7, 11) is 0. The molecule has 0 aliphatic heterocycles. The summed E-state index contributed by atoms with van der Waals surface area (Å²) in [5.74, 6) is -0.608. The minimum Gasteiger partial charge on any atom is -0.366 e. The van der Waals surface area contributed by atoms with Crippen LogP contribution in [0.3, 0.4) is 0 Å². The molecule has 2 amide bonds. The van der Waals surface area contributed by atoms with Crippen molar-refractivity contribution in [2.75, 3.05) is 5.32 Å². The highest BCUT2D eigenvalue weighted by Gasteiger charge is 2.12. The van der Waals surface area contributed by atoms with Gasteiger partial charge in [0.15, 0.2) is 0 Å². The van der Waals surface area contributed by atoms with E-state index in [2.05, 4.69) is 12.2 Å². The number of aryl methyl sites for hydroxylation is 2. The maximum Gasteiger partial charge on any atom is 0.265 e. The number of nitrogens with one attached hydrogen (secondary N) is 1. The Hall–Kier alpha value is -2.14. The van der Waals surface area contributed by atoms with Crippen LogP contribution in [-0.2, 0) is 6.42 Å². The van der Waals surface area contributed by atoms with Crippen LogP contribution in [0, 0.1) is 6.92 Å². The van der Waals surface area contributed by atoms with Gasteiger partial charge in [0.25, 0.3) is 5.91 Å². The third kappa shape index (κ3) is 3.70. The van der Waals surface area contributed by atoms with Crippen molar-refractivity contribution >= 4 is 28.8 Å². The Bertz CT molecular complexity index is 659. The van der Waals surface area contributed by atoms with Crippen molar-refractivity contribution in [3.8, 4) is 0 Å². The third-order valence-corrected chi connectivity index (χ3v) is 4.28. The molecule has 0 radical (unpaired) electrons. The molecule has 0 bridgehead atoms. The number of carbonyl (C=O) groups is 2. The molecular weight excluding hydrogens is 284 g/mol. The minimum atomic E-state index is -0.481. The van der Waals surface area contributed by atoms with Gasteiger partial charge in [0.1, 0.15) is 0 Å². The second-order valence-corrected chi connectivity index (χ2v) is 6.09. The van der Waals surface area contributed by atoms with E-state index in [1.165, 1.54) is 21.8 Å².